The lowest BCUT2D eigenvalue weighted by Gasteiger charge is -2.34. The lowest BCUT2D eigenvalue weighted by Crippen LogP contribution is -2.51. The maximum absolute atomic E-state index is 13.9. The van der Waals surface area contributed by atoms with Crippen molar-refractivity contribution in [3.05, 3.63) is 35.6 Å². The predicted molar refractivity (Wildman–Crippen MR) is 80.2 cm³/mol. The number of halogens is 1. The Hall–Kier alpha value is -1.42. The van der Waals surface area contributed by atoms with Gasteiger partial charge in [0, 0.05) is 17.6 Å². The number of carbonyl (C=O) groups is 1. The van der Waals surface area contributed by atoms with Gasteiger partial charge in [0.1, 0.15) is 5.82 Å². The van der Waals surface area contributed by atoms with E-state index in [1.54, 1.807) is 32.0 Å². The van der Waals surface area contributed by atoms with Crippen LogP contribution in [0.15, 0.2) is 24.3 Å². The Bertz CT molecular complexity index is 481. The van der Waals surface area contributed by atoms with Crippen molar-refractivity contribution in [2.24, 2.45) is 0 Å². The molecule has 0 aliphatic rings. The molecule has 0 spiro atoms. The van der Waals surface area contributed by atoms with Crippen LogP contribution in [-0.4, -0.2) is 37.0 Å². The summed E-state index contributed by atoms with van der Waals surface area (Å²) in [5.74, 6) is -0.517. The molecule has 1 aromatic rings. The topological polar surface area (TPSA) is 32.3 Å². The molecule has 112 valence electrons. The SMILES string of the molecule is CN(C)C(C)(C)CNC(=O)C(C)(C)c1ccccc1F. The molecular formula is C16H25FN2O. The summed E-state index contributed by atoms with van der Waals surface area (Å²) in [6.45, 7) is 8.08. The summed E-state index contributed by atoms with van der Waals surface area (Å²) >= 11 is 0. The Labute approximate surface area is 121 Å². The van der Waals surface area contributed by atoms with Crippen molar-refractivity contribution in [3.8, 4) is 0 Å². The summed E-state index contributed by atoms with van der Waals surface area (Å²) < 4.78 is 13.9. The Morgan fingerprint density at radius 2 is 1.75 bits per heavy atom. The average Bonchev–Trinajstić information content (AvgIpc) is 2.36. The van der Waals surface area contributed by atoms with E-state index in [1.807, 2.05) is 32.8 Å². The standard InChI is InChI=1S/C16H25FN2O/c1-15(2,19(5)6)11-18-14(20)16(3,4)12-9-7-8-10-13(12)17/h7-10H,11H2,1-6H3,(H,18,20). The van der Waals surface area contributed by atoms with Crippen LogP contribution in [0.4, 0.5) is 4.39 Å². The number of amides is 1. The third kappa shape index (κ3) is 3.57. The van der Waals surface area contributed by atoms with Gasteiger partial charge in [0.05, 0.1) is 5.41 Å². The summed E-state index contributed by atoms with van der Waals surface area (Å²) in [4.78, 5) is 14.4. The first-order valence-corrected chi connectivity index (χ1v) is 6.80. The molecule has 4 heteroatoms. The molecule has 0 aliphatic heterocycles. The Morgan fingerprint density at radius 3 is 2.25 bits per heavy atom. The fourth-order valence-electron chi connectivity index (χ4n) is 1.77. The van der Waals surface area contributed by atoms with Crippen LogP contribution < -0.4 is 5.32 Å². The molecule has 0 saturated heterocycles. The summed E-state index contributed by atoms with van der Waals surface area (Å²) in [6, 6.07) is 6.42. The van der Waals surface area contributed by atoms with Gasteiger partial charge in [-0.3, -0.25) is 4.79 Å². The molecule has 0 radical (unpaired) electrons. The maximum atomic E-state index is 13.9. The minimum absolute atomic E-state index is 0.152. The summed E-state index contributed by atoms with van der Waals surface area (Å²) in [5.41, 5.74) is -0.630. The lowest BCUT2D eigenvalue weighted by atomic mass is 9.83. The highest BCUT2D eigenvalue weighted by Gasteiger charge is 2.33. The first kappa shape index (κ1) is 16.6. The number of benzene rings is 1. The summed E-state index contributed by atoms with van der Waals surface area (Å²) in [6.07, 6.45) is 0. The van der Waals surface area contributed by atoms with Crippen LogP contribution in [0.3, 0.4) is 0 Å². The van der Waals surface area contributed by atoms with Crippen LogP contribution in [0, 0.1) is 5.82 Å². The van der Waals surface area contributed by atoms with Gasteiger partial charge in [0.2, 0.25) is 5.91 Å². The van der Waals surface area contributed by atoms with Crippen LogP contribution in [-0.2, 0) is 10.2 Å². The number of hydrogen-bond donors (Lipinski definition) is 1. The third-order valence-corrected chi connectivity index (χ3v) is 4.01. The molecule has 0 unspecified atom stereocenters. The Balaban J connectivity index is 2.84. The minimum Gasteiger partial charge on any atom is -0.354 e. The molecule has 1 N–H and O–H groups in total. The summed E-state index contributed by atoms with van der Waals surface area (Å²) in [7, 11) is 3.93. The molecule has 0 aliphatic carbocycles. The highest BCUT2D eigenvalue weighted by Crippen LogP contribution is 2.26. The Kier molecular flexibility index (Phi) is 4.92. The number of nitrogens with zero attached hydrogens (tertiary/aromatic N) is 1. The second-order valence-corrected chi connectivity index (χ2v) is 6.49. The minimum atomic E-state index is -0.895. The van der Waals surface area contributed by atoms with Gasteiger partial charge in [-0.25, -0.2) is 4.39 Å². The molecule has 0 atom stereocenters. The number of rotatable bonds is 5. The molecule has 0 heterocycles. The van der Waals surface area contributed by atoms with Gasteiger partial charge in [-0.15, -0.1) is 0 Å². The van der Waals surface area contributed by atoms with Crippen molar-refractivity contribution in [1.82, 2.24) is 10.2 Å². The molecule has 0 bridgehead atoms. The van der Waals surface area contributed by atoms with E-state index in [2.05, 4.69) is 5.32 Å². The number of hydrogen-bond acceptors (Lipinski definition) is 2. The van der Waals surface area contributed by atoms with Gasteiger partial charge in [-0.05, 0) is 47.9 Å². The molecule has 1 rings (SSSR count). The molecule has 1 amide bonds. The van der Waals surface area contributed by atoms with Gasteiger partial charge in [0.15, 0.2) is 0 Å². The van der Waals surface area contributed by atoms with Crippen LogP contribution in [0.5, 0.6) is 0 Å². The number of nitrogens with one attached hydrogen (secondary N) is 1. The predicted octanol–water partition coefficient (Wildman–Crippen LogP) is 2.56. The zero-order valence-electron chi connectivity index (χ0n) is 13.2. The molecule has 1 aromatic carbocycles. The van der Waals surface area contributed by atoms with E-state index in [0.29, 0.717) is 12.1 Å². The van der Waals surface area contributed by atoms with Crippen molar-refractivity contribution in [1.29, 1.82) is 0 Å². The lowest BCUT2D eigenvalue weighted by molar-refractivity contribution is -0.126. The fraction of sp³-hybridized carbons (Fsp3) is 0.562. The van der Waals surface area contributed by atoms with E-state index >= 15 is 0 Å². The second kappa shape index (κ2) is 5.92. The van der Waals surface area contributed by atoms with Gasteiger partial charge < -0.3 is 10.2 Å². The molecule has 3 nitrogen and oxygen atoms in total. The van der Waals surface area contributed by atoms with Crippen molar-refractivity contribution < 1.29 is 9.18 Å². The fourth-order valence-corrected chi connectivity index (χ4v) is 1.77. The molecule has 0 fully saturated rings. The highest BCUT2D eigenvalue weighted by molar-refractivity contribution is 5.87. The van der Waals surface area contributed by atoms with Crippen LogP contribution in [0.2, 0.25) is 0 Å². The largest absolute Gasteiger partial charge is 0.354 e. The maximum Gasteiger partial charge on any atom is 0.230 e. The smallest absolute Gasteiger partial charge is 0.230 e. The molecule has 20 heavy (non-hydrogen) atoms. The Morgan fingerprint density at radius 1 is 1.20 bits per heavy atom. The van der Waals surface area contributed by atoms with Crippen LogP contribution >= 0.6 is 0 Å². The van der Waals surface area contributed by atoms with E-state index in [1.165, 1.54) is 6.07 Å². The van der Waals surface area contributed by atoms with E-state index in [9.17, 15) is 9.18 Å². The zero-order chi connectivity index (χ0) is 15.6. The second-order valence-electron chi connectivity index (χ2n) is 6.49. The van der Waals surface area contributed by atoms with Crippen LogP contribution in [0.1, 0.15) is 33.3 Å². The monoisotopic (exact) mass is 280 g/mol. The van der Waals surface area contributed by atoms with E-state index in [0.717, 1.165) is 0 Å². The van der Waals surface area contributed by atoms with E-state index in [-0.39, 0.29) is 17.3 Å². The zero-order valence-corrected chi connectivity index (χ0v) is 13.2. The normalized spacial score (nSPS) is 12.6. The number of carbonyl (C=O) groups excluding carboxylic acids is 1. The molecule has 0 aromatic heterocycles. The van der Waals surface area contributed by atoms with Crippen molar-refractivity contribution in [2.75, 3.05) is 20.6 Å². The van der Waals surface area contributed by atoms with Crippen molar-refractivity contribution in [3.63, 3.8) is 0 Å². The third-order valence-electron chi connectivity index (χ3n) is 4.01. The average molecular weight is 280 g/mol. The van der Waals surface area contributed by atoms with Crippen molar-refractivity contribution >= 4 is 5.91 Å². The first-order valence-electron chi connectivity index (χ1n) is 6.80. The summed E-state index contributed by atoms with van der Waals surface area (Å²) in [5, 5.41) is 2.92. The van der Waals surface area contributed by atoms with Gasteiger partial charge >= 0.3 is 0 Å². The molecular weight excluding hydrogens is 255 g/mol. The van der Waals surface area contributed by atoms with Crippen molar-refractivity contribution in [2.45, 2.75) is 38.6 Å². The van der Waals surface area contributed by atoms with Gasteiger partial charge in [-0.1, -0.05) is 18.2 Å². The first-order chi connectivity index (χ1) is 9.09. The quantitative estimate of drug-likeness (QED) is 0.899. The van der Waals surface area contributed by atoms with Gasteiger partial charge in [-0.2, -0.15) is 0 Å². The van der Waals surface area contributed by atoms with E-state index in [4.69, 9.17) is 0 Å². The van der Waals surface area contributed by atoms with Crippen LogP contribution in [0.25, 0.3) is 0 Å². The van der Waals surface area contributed by atoms with E-state index < -0.39 is 5.41 Å². The number of likely N-dealkylation sites (N-methyl/N-ethyl adjacent to an activating group) is 1. The molecule has 0 saturated carbocycles. The van der Waals surface area contributed by atoms with Gasteiger partial charge in [0.25, 0.3) is 0 Å². The highest BCUT2D eigenvalue weighted by atomic mass is 19.1.